The molecule has 0 saturated carbocycles. The molecule has 1 atom stereocenters. The molecule has 2 aliphatic heterocycles. The van der Waals surface area contributed by atoms with Crippen molar-refractivity contribution in [2.75, 3.05) is 18.0 Å². The number of urea groups is 1. The third-order valence-electron chi connectivity index (χ3n) is 7.95. The molecule has 1 aromatic heterocycles. The van der Waals surface area contributed by atoms with Crippen LogP contribution in [0, 0.1) is 0 Å². The molecule has 0 radical (unpaired) electrons. The molecule has 1 fully saturated rings. The van der Waals surface area contributed by atoms with E-state index in [-0.39, 0.29) is 17.8 Å². The van der Waals surface area contributed by atoms with Gasteiger partial charge in [0, 0.05) is 29.6 Å². The molecular formula is C29H30N4O3. The van der Waals surface area contributed by atoms with E-state index in [0.29, 0.717) is 30.8 Å². The van der Waals surface area contributed by atoms with Crippen LogP contribution in [-0.4, -0.2) is 40.8 Å². The van der Waals surface area contributed by atoms with E-state index < -0.39 is 5.54 Å². The van der Waals surface area contributed by atoms with E-state index in [1.54, 1.807) is 29.2 Å². The molecule has 3 aromatic rings. The van der Waals surface area contributed by atoms with Crippen molar-refractivity contribution in [2.24, 2.45) is 0 Å². The van der Waals surface area contributed by atoms with Gasteiger partial charge in [0.1, 0.15) is 0 Å². The second-order valence-corrected chi connectivity index (χ2v) is 10.1. The van der Waals surface area contributed by atoms with Crippen LogP contribution in [0.15, 0.2) is 60.2 Å². The number of aromatic nitrogens is 1. The minimum atomic E-state index is -1.12. The molecule has 0 bridgehead atoms. The Morgan fingerprint density at radius 2 is 1.94 bits per heavy atom. The smallest absolute Gasteiger partial charge is 0.332 e. The van der Waals surface area contributed by atoms with Gasteiger partial charge >= 0.3 is 6.03 Å². The van der Waals surface area contributed by atoms with Crippen LogP contribution in [0.5, 0.6) is 0 Å². The van der Waals surface area contributed by atoms with Crippen LogP contribution < -0.4 is 10.2 Å². The summed E-state index contributed by atoms with van der Waals surface area (Å²) in [6.45, 7) is 2.85. The number of benzene rings is 2. The first-order valence-electron chi connectivity index (χ1n) is 12.8. The summed E-state index contributed by atoms with van der Waals surface area (Å²) in [6, 6.07) is 14.4. The van der Waals surface area contributed by atoms with Gasteiger partial charge in [-0.2, -0.15) is 0 Å². The number of aromatic amines is 1. The molecule has 36 heavy (non-hydrogen) atoms. The molecule has 3 aliphatic rings. The summed E-state index contributed by atoms with van der Waals surface area (Å²) in [5.74, 6) is -0.504. The lowest BCUT2D eigenvalue weighted by atomic mass is 9.87. The van der Waals surface area contributed by atoms with Gasteiger partial charge in [-0.15, -0.1) is 0 Å². The Hall–Kier alpha value is -3.87. The van der Waals surface area contributed by atoms with Gasteiger partial charge in [-0.3, -0.25) is 9.59 Å². The number of imide groups is 1. The molecule has 6 rings (SSSR count). The van der Waals surface area contributed by atoms with E-state index in [4.69, 9.17) is 0 Å². The Kier molecular flexibility index (Phi) is 5.43. The fourth-order valence-corrected chi connectivity index (χ4v) is 5.98. The summed E-state index contributed by atoms with van der Waals surface area (Å²) in [5, 5.41) is 4.08. The third-order valence-corrected chi connectivity index (χ3v) is 7.95. The number of hydrogen-bond donors (Lipinski definition) is 2. The van der Waals surface area contributed by atoms with Gasteiger partial charge < -0.3 is 15.2 Å². The zero-order valence-electron chi connectivity index (χ0n) is 20.5. The van der Waals surface area contributed by atoms with Gasteiger partial charge in [0.15, 0.2) is 5.54 Å². The van der Waals surface area contributed by atoms with Gasteiger partial charge in [0.2, 0.25) is 0 Å². The Labute approximate surface area is 210 Å². The molecule has 184 valence electrons. The molecule has 0 spiro atoms. The molecule has 1 aliphatic carbocycles. The summed E-state index contributed by atoms with van der Waals surface area (Å²) in [4.78, 5) is 46.6. The predicted molar refractivity (Wildman–Crippen MR) is 139 cm³/mol. The SMILES string of the molecule is C[C@]12C(=O)N(c3cccc(C(=O)NCCC4=CCCCC4)c3)C(=O)N1CCc1c2[nH]c2ccccc12. The fraction of sp³-hybridized carbons (Fsp3) is 0.345. The molecule has 1 saturated heterocycles. The largest absolute Gasteiger partial charge is 0.356 e. The van der Waals surface area contributed by atoms with E-state index in [1.807, 2.05) is 25.1 Å². The molecule has 7 heteroatoms. The van der Waals surface area contributed by atoms with Gasteiger partial charge in [-0.05, 0) is 75.3 Å². The highest BCUT2D eigenvalue weighted by Gasteiger charge is 2.59. The minimum Gasteiger partial charge on any atom is -0.356 e. The zero-order chi connectivity index (χ0) is 24.9. The molecular weight excluding hydrogens is 452 g/mol. The lowest BCUT2D eigenvalue weighted by Crippen LogP contribution is -2.49. The molecule has 2 aromatic carbocycles. The number of nitrogens with zero attached hydrogens (tertiary/aromatic N) is 2. The van der Waals surface area contributed by atoms with E-state index in [2.05, 4.69) is 22.4 Å². The Morgan fingerprint density at radius 1 is 1.08 bits per heavy atom. The number of fused-ring (bicyclic) bond motifs is 5. The number of carbonyl (C=O) groups excluding carboxylic acids is 3. The quantitative estimate of drug-likeness (QED) is 0.395. The number of anilines is 1. The van der Waals surface area contributed by atoms with Crippen molar-refractivity contribution in [2.45, 2.75) is 51.0 Å². The first-order valence-corrected chi connectivity index (χ1v) is 12.8. The number of carbonyl (C=O) groups is 3. The number of nitrogens with one attached hydrogen (secondary N) is 2. The Bertz CT molecular complexity index is 1420. The minimum absolute atomic E-state index is 0.200. The number of rotatable bonds is 5. The maximum Gasteiger partial charge on any atom is 0.332 e. The van der Waals surface area contributed by atoms with E-state index >= 15 is 0 Å². The van der Waals surface area contributed by atoms with Crippen LogP contribution in [0.25, 0.3) is 10.9 Å². The second kappa shape index (κ2) is 8.66. The molecule has 7 nitrogen and oxygen atoms in total. The lowest BCUT2D eigenvalue weighted by Gasteiger charge is -2.35. The van der Waals surface area contributed by atoms with Crippen molar-refractivity contribution < 1.29 is 14.4 Å². The first kappa shape index (κ1) is 22.6. The monoisotopic (exact) mass is 482 g/mol. The number of hydrogen-bond acceptors (Lipinski definition) is 3. The summed E-state index contributed by atoms with van der Waals surface area (Å²) in [5.41, 5.74) is 3.98. The number of para-hydroxylation sites is 1. The summed E-state index contributed by atoms with van der Waals surface area (Å²) in [6.07, 6.45) is 8.52. The molecule has 3 heterocycles. The predicted octanol–water partition coefficient (Wildman–Crippen LogP) is 5.03. The van der Waals surface area contributed by atoms with Gasteiger partial charge in [0.25, 0.3) is 11.8 Å². The van der Waals surface area contributed by atoms with Crippen molar-refractivity contribution in [3.8, 4) is 0 Å². The highest BCUT2D eigenvalue weighted by Crippen LogP contribution is 2.45. The maximum atomic E-state index is 13.9. The lowest BCUT2D eigenvalue weighted by molar-refractivity contribution is -0.125. The van der Waals surface area contributed by atoms with Gasteiger partial charge in [-0.1, -0.05) is 35.9 Å². The third kappa shape index (κ3) is 3.45. The topological polar surface area (TPSA) is 85.5 Å². The highest BCUT2D eigenvalue weighted by molar-refractivity contribution is 6.24. The van der Waals surface area contributed by atoms with E-state index in [0.717, 1.165) is 41.4 Å². The zero-order valence-corrected chi connectivity index (χ0v) is 20.5. The number of amides is 4. The Balaban J connectivity index is 1.26. The van der Waals surface area contributed by atoms with Crippen LogP contribution >= 0.6 is 0 Å². The van der Waals surface area contributed by atoms with Crippen molar-refractivity contribution in [3.05, 3.63) is 77.0 Å². The van der Waals surface area contributed by atoms with Crippen LogP contribution in [0.2, 0.25) is 0 Å². The van der Waals surface area contributed by atoms with Crippen molar-refractivity contribution in [1.29, 1.82) is 0 Å². The fourth-order valence-electron chi connectivity index (χ4n) is 5.98. The van der Waals surface area contributed by atoms with Crippen molar-refractivity contribution in [3.63, 3.8) is 0 Å². The molecule has 4 amide bonds. The van der Waals surface area contributed by atoms with Crippen molar-refractivity contribution >= 4 is 34.4 Å². The summed E-state index contributed by atoms with van der Waals surface area (Å²) < 4.78 is 0. The van der Waals surface area contributed by atoms with Crippen LogP contribution in [0.3, 0.4) is 0 Å². The van der Waals surface area contributed by atoms with Gasteiger partial charge in [-0.25, -0.2) is 9.69 Å². The summed E-state index contributed by atoms with van der Waals surface area (Å²) >= 11 is 0. The van der Waals surface area contributed by atoms with E-state index in [9.17, 15) is 14.4 Å². The molecule has 0 unspecified atom stereocenters. The first-order chi connectivity index (χ1) is 17.5. The second-order valence-electron chi connectivity index (χ2n) is 10.1. The van der Waals surface area contributed by atoms with Crippen LogP contribution in [0.4, 0.5) is 10.5 Å². The van der Waals surface area contributed by atoms with E-state index in [1.165, 1.54) is 23.3 Å². The summed E-state index contributed by atoms with van der Waals surface area (Å²) in [7, 11) is 0. The highest BCUT2D eigenvalue weighted by atomic mass is 16.2. The van der Waals surface area contributed by atoms with Crippen LogP contribution in [0.1, 0.15) is 60.6 Å². The van der Waals surface area contributed by atoms with Crippen molar-refractivity contribution in [1.82, 2.24) is 15.2 Å². The molecule has 2 N–H and O–H groups in total. The normalized spacial score (nSPS) is 21.4. The number of allylic oxidation sites excluding steroid dienone is 1. The maximum absolute atomic E-state index is 13.9. The number of H-pyrrole nitrogens is 1. The Morgan fingerprint density at radius 3 is 2.78 bits per heavy atom. The average Bonchev–Trinajstić information content (AvgIpc) is 3.38. The van der Waals surface area contributed by atoms with Crippen LogP contribution in [-0.2, 0) is 16.8 Å². The van der Waals surface area contributed by atoms with Gasteiger partial charge in [0.05, 0.1) is 11.4 Å². The average molecular weight is 483 g/mol. The standard InChI is InChI=1S/C29H30N4O3/c1-29-25-23(22-12-5-6-13-24(22)31-25)15-17-32(29)28(36)33(27(29)35)21-11-7-10-20(18-21)26(34)30-16-14-19-8-3-2-4-9-19/h5-8,10-13,18,31H,2-4,9,14-17H2,1H3,(H,30,34)/t29-/m0/s1.